The van der Waals surface area contributed by atoms with Gasteiger partial charge >= 0.3 is 0 Å². The van der Waals surface area contributed by atoms with Crippen molar-refractivity contribution in [2.45, 2.75) is 11.4 Å². The number of nitrogens with one attached hydrogen (secondary N) is 2. The Hall–Kier alpha value is -0.900. The summed E-state index contributed by atoms with van der Waals surface area (Å²) < 4.78 is 28.0. The van der Waals surface area contributed by atoms with Crippen LogP contribution in [0, 0.1) is 0 Å². The Kier molecular flexibility index (Phi) is 4.29. The van der Waals surface area contributed by atoms with Gasteiger partial charge in [0, 0.05) is 21.1 Å². The standard InChI is InChI=1S/C10H10Br2N4O2S/c11-7-1-2-8(12)9(3-7)19(17,18)15-5-6-4-14-16-10(6)13/h1-4,15H,5H2,(H3,13,14,16). The van der Waals surface area contributed by atoms with Gasteiger partial charge in [0.1, 0.15) is 5.82 Å². The zero-order chi connectivity index (χ0) is 14.0. The number of aromatic nitrogens is 2. The maximum Gasteiger partial charge on any atom is 0.242 e. The van der Waals surface area contributed by atoms with Crippen LogP contribution in [-0.4, -0.2) is 18.6 Å². The van der Waals surface area contributed by atoms with E-state index in [0.717, 1.165) is 0 Å². The topological polar surface area (TPSA) is 101 Å². The molecule has 1 heterocycles. The number of hydrogen-bond donors (Lipinski definition) is 3. The molecule has 0 fully saturated rings. The smallest absolute Gasteiger partial charge is 0.242 e. The second-order valence-electron chi connectivity index (χ2n) is 3.71. The molecule has 0 saturated heterocycles. The Morgan fingerprint density at radius 1 is 1.37 bits per heavy atom. The minimum Gasteiger partial charge on any atom is -0.384 e. The molecule has 1 aromatic heterocycles. The maximum absolute atomic E-state index is 12.2. The van der Waals surface area contributed by atoms with Crippen LogP contribution in [0.5, 0.6) is 0 Å². The van der Waals surface area contributed by atoms with E-state index >= 15 is 0 Å². The van der Waals surface area contributed by atoms with Crippen LogP contribution in [0.3, 0.4) is 0 Å². The van der Waals surface area contributed by atoms with Crippen LogP contribution in [0.4, 0.5) is 5.82 Å². The first-order chi connectivity index (χ1) is 8.90. The van der Waals surface area contributed by atoms with Gasteiger partial charge in [-0.15, -0.1) is 0 Å². The van der Waals surface area contributed by atoms with Gasteiger partial charge < -0.3 is 5.73 Å². The van der Waals surface area contributed by atoms with Crippen LogP contribution in [0.2, 0.25) is 0 Å². The first kappa shape index (κ1) is 14.5. The molecule has 102 valence electrons. The lowest BCUT2D eigenvalue weighted by atomic mass is 10.3. The molecule has 2 aromatic rings. The molecule has 0 saturated carbocycles. The van der Waals surface area contributed by atoms with Gasteiger partial charge in [-0.25, -0.2) is 13.1 Å². The van der Waals surface area contributed by atoms with Gasteiger partial charge in [-0.1, -0.05) is 15.9 Å². The number of benzene rings is 1. The molecule has 4 N–H and O–H groups in total. The van der Waals surface area contributed by atoms with Crippen LogP contribution in [0.1, 0.15) is 5.56 Å². The number of nitrogens with zero attached hydrogens (tertiary/aromatic N) is 1. The fraction of sp³-hybridized carbons (Fsp3) is 0.100. The molecule has 2 rings (SSSR count). The lowest BCUT2D eigenvalue weighted by Gasteiger charge is -2.08. The van der Waals surface area contributed by atoms with E-state index in [0.29, 0.717) is 20.3 Å². The van der Waals surface area contributed by atoms with E-state index < -0.39 is 10.0 Å². The summed E-state index contributed by atoms with van der Waals surface area (Å²) in [6, 6.07) is 4.92. The Morgan fingerprint density at radius 2 is 2.11 bits per heavy atom. The number of hydrogen-bond acceptors (Lipinski definition) is 4. The van der Waals surface area contributed by atoms with Gasteiger partial charge in [0.05, 0.1) is 11.1 Å². The first-order valence-corrected chi connectivity index (χ1v) is 8.19. The predicted molar refractivity (Wildman–Crippen MR) is 78.9 cm³/mol. The first-order valence-electron chi connectivity index (χ1n) is 5.12. The van der Waals surface area contributed by atoms with E-state index in [4.69, 9.17) is 5.73 Å². The molecule has 0 unspecified atom stereocenters. The quantitative estimate of drug-likeness (QED) is 0.718. The van der Waals surface area contributed by atoms with Crippen LogP contribution < -0.4 is 10.5 Å². The summed E-state index contributed by atoms with van der Waals surface area (Å²) >= 11 is 6.46. The van der Waals surface area contributed by atoms with E-state index in [-0.39, 0.29) is 11.4 Å². The van der Waals surface area contributed by atoms with Crippen molar-refractivity contribution >= 4 is 47.7 Å². The van der Waals surface area contributed by atoms with Crippen molar-refractivity contribution in [3.05, 3.63) is 38.9 Å². The molecule has 0 radical (unpaired) electrons. The summed E-state index contributed by atoms with van der Waals surface area (Å²) in [5.41, 5.74) is 6.19. The predicted octanol–water partition coefficient (Wildman–Crippen LogP) is 2.00. The molecular weight excluding hydrogens is 400 g/mol. The summed E-state index contributed by atoms with van der Waals surface area (Å²) in [7, 11) is -3.63. The van der Waals surface area contributed by atoms with Crippen molar-refractivity contribution in [2.75, 3.05) is 5.73 Å². The lowest BCUT2D eigenvalue weighted by Crippen LogP contribution is -2.23. The minimum absolute atomic E-state index is 0.0730. The third-order valence-electron chi connectivity index (χ3n) is 2.39. The van der Waals surface area contributed by atoms with Gasteiger partial charge in [0.15, 0.2) is 0 Å². The van der Waals surface area contributed by atoms with Crippen molar-refractivity contribution in [1.82, 2.24) is 14.9 Å². The summed E-state index contributed by atoms with van der Waals surface area (Å²) in [5, 5.41) is 6.27. The molecule has 0 aliphatic rings. The third-order valence-corrected chi connectivity index (χ3v) is 5.28. The number of sulfonamides is 1. The number of aromatic amines is 1. The zero-order valence-corrected chi connectivity index (χ0v) is 13.5. The molecule has 0 aliphatic carbocycles. The highest BCUT2D eigenvalue weighted by molar-refractivity contribution is 9.11. The molecule has 9 heteroatoms. The summed E-state index contributed by atoms with van der Waals surface area (Å²) in [4.78, 5) is 0.156. The summed E-state index contributed by atoms with van der Waals surface area (Å²) in [6.07, 6.45) is 1.48. The molecule has 0 aliphatic heterocycles. The minimum atomic E-state index is -3.63. The highest BCUT2D eigenvalue weighted by Gasteiger charge is 2.18. The molecule has 6 nitrogen and oxygen atoms in total. The van der Waals surface area contributed by atoms with Gasteiger partial charge in [0.25, 0.3) is 0 Å². The second kappa shape index (κ2) is 5.61. The highest BCUT2D eigenvalue weighted by Crippen LogP contribution is 2.25. The van der Waals surface area contributed by atoms with E-state index in [1.807, 2.05) is 0 Å². The fourth-order valence-electron chi connectivity index (χ4n) is 1.40. The maximum atomic E-state index is 12.2. The normalized spacial score (nSPS) is 11.7. The van der Waals surface area contributed by atoms with Crippen molar-refractivity contribution in [2.24, 2.45) is 0 Å². The largest absolute Gasteiger partial charge is 0.384 e. The molecule has 0 amide bonds. The fourth-order valence-corrected chi connectivity index (χ4v) is 3.90. The van der Waals surface area contributed by atoms with Gasteiger partial charge in [-0.2, -0.15) is 5.10 Å². The number of nitrogens with two attached hydrogens (primary N) is 1. The molecule has 19 heavy (non-hydrogen) atoms. The summed E-state index contributed by atoms with van der Waals surface area (Å²) in [5.74, 6) is 0.344. The number of anilines is 1. The zero-order valence-electron chi connectivity index (χ0n) is 9.52. The van der Waals surface area contributed by atoms with Crippen LogP contribution >= 0.6 is 31.9 Å². The average molecular weight is 410 g/mol. The van der Waals surface area contributed by atoms with E-state index in [9.17, 15) is 8.42 Å². The number of H-pyrrole nitrogens is 1. The Labute approximate surface area is 127 Å². The van der Waals surface area contributed by atoms with E-state index in [1.165, 1.54) is 12.3 Å². The average Bonchev–Trinajstić information content (AvgIpc) is 2.75. The lowest BCUT2D eigenvalue weighted by molar-refractivity contribution is 0.581. The highest BCUT2D eigenvalue weighted by atomic mass is 79.9. The Morgan fingerprint density at radius 3 is 2.74 bits per heavy atom. The Bertz CT molecular complexity index is 699. The van der Waals surface area contributed by atoms with Gasteiger partial charge in [-0.3, -0.25) is 5.10 Å². The number of rotatable bonds is 4. The van der Waals surface area contributed by atoms with Crippen LogP contribution in [-0.2, 0) is 16.6 Å². The van der Waals surface area contributed by atoms with Crippen LogP contribution in [0.15, 0.2) is 38.2 Å². The van der Waals surface area contributed by atoms with E-state index in [1.54, 1.807) is 12.1 Å². The SMILES string of the molecule is Nc1[nH]ncc1CNS(=O)(=O)c1cc(Br)ccc1Br. The second-order valence-corrected chi connectivity index (χ2v) is 7.21. The monoisotopic (exact) mass is 408 g/mol. The Balaban J connectivity index is 2.23. The van der Waals surface area contributed by atoms with Gasteiger partial charge in [0.2, 0.25) is 10.0 Å². The molecule has 0 bridgehead atoms. The van der Waals surface area contributed by atoms with Crippen molar-refractivity contribution in [3.8, 4) is 0 Å². The van der Waals surface area contributed by atoms with E-state index in [2.05, 4.69) is 46.8 Å². The van der Waals surface area contributed by atoms with Crippen LogP contribution in [0.25, 0.3) is 0 Å². The molecule has 0 spiro atoms. The van der Waals surface area contributed by atoms with Crippen molar-refractivity contribution < 1.29 is 8.42 Å². The molecule has 0 atom stereocenters. The van der Waals surface area contributed by atoms with Gasteiger partial charge in [-0.05, 0) is 34.1 Å². The summed E-state index contributed by atoms with van der Waals surface area (Å²) in [6.45, 7) is 0.0730. The number of nitrogen functional groups attached to an aromatic ring is 1. The van der Waals surface area contributed by atoms with Crippen molar-refractivity contribution in [3.63, 3.8) is 0 Å². The number of halogens is 2. The molecule has 1 aromatic carbocycles. The molecular formula is C10H10Br2N4O2S. The van der Waals surface area contributed by atoms with Crippen molar-refractivity contribution in [1.29, 1.82) is 0 Å². The third kappa shape index (κ3) is 3.35.